The third kappa shape index (κ3) is 5.04. The van der Waals surface area contributed by atoms with E-state index in [1.165, 1.54) is 25.9 Å². The summed E-state index contributed by atoms with van der Waals surface area (Å²) in [7, 11) is 0. The van der Waals surface area contributed by atoms with Crippen LogP contribution in [0.4, 0.5) is 0 Å². The number of thioether (sulfide) groups is 1. The molecule has 1 fully saturated rings. The highest BCUT2D eigenvalue weighted by Gasteiger charge is 2.15. The van der Waals surface area contributed by atoms with Gasteiger partial charge in [-0.1, -0.05) is 19.1 Å². The second-order valence-electron chi connectivity index (χ2n) is 5.83. The summed E-state index contributed by atoms with van der Waals surface area (Å²) in [5, 5.41) is 3.04. The number of carbonyl (C=O) groups is 1. The van der Waals surface area contributed by atoms with Crippen LogP contribution in [0.5, 0.6) is 0 Å². The Bertz CT molecular complexity index is 456. The minimum Gasteiger partial charge on any atom is -0.352 e. The van der Waals surface area contributed by atoms with Gasteiger partial charge in [-0.3, -0.25) is 4.79 Å². The van der Waals surface area contributed by atoms with Gasteiger partial charge in [-0.25, -0.2) is 0 Å². The molecule has 1 aliphatic heterocycles. The fourth-order valence-corrected chi connectivity index (χ4v) is 3.31. The summed E-state index contributed by atoms with van der Waals surface area (Å²) in [6, 6.07) is 7.78. The Morgan fingerprint density at radius 3 is 2.76 bits per heavy atom. The van der Waals surface area contributed by atoms with Crippen LogP contribution < -0.4 is 5.32 Å². The van der Waals surface area contributed by atoms with Gasteiger partial charge in [0.05, 0.1) is 5.56 Å². The quantitative estimate of drug-likeness (QED) is 0.647. The zero-order valence-corrected chi connectivity index (χ0v) is 13.9. The summed E-state index contributed by atoms with van der Waals surface area (Å²) >= 11 is 1.62. The van der Waals surface area contributed by atoms with Crippen LogP contribution in [-0.2, 0) is 0 Å². The highest BCUT2D eigenvalue weighted by Crippen LogP contribution is 2.19. The molecule has 1 amide bonds. The Kier molecular flexibility index (Phi) is 6.58. The average molecular weight is 306 g/mol. The van der Waals surface area contributed by atoms with E-state index >= 15 is 0 Å². The van der Waals surface area contributed by atoms with Crippen molar-refractivity contribution in [2.45, 2.75) is 31.1 Å². The number of amides is 1. The van der Waals surface area contributed by atoms with Crippen molar-refractivity contribution in [1.29, 1.82) is 0 Å². The molecule has 0 atom stereocenters. The first-order chi connectivity index (χ1) is 10.2. The maximum Gasteiger partial charge on any atom is 0.252 e. The second-order valence-corrected chi connectivity index (χ2v) is 6.68. The van der Waals surface area contributed by atoms with Crippen LogP contribution >= 0.6 is 11.8 Å². The third-order valence-corrected chi connectivity index (χ3v) is 4.96. The van der Waals surface area contributed by atoms with E-state index in [-0.39, 0.29) is 5.91 Å². The van der Waals surface area contributed by atoms with Crippen LogP contribution in [0.3, 0.4) is 0 Å². The van der Waals surface area contributed by atoms with Crippen LogP contribution in [0, 0.1) is 5.92 Å². The molecule has 0 radical (unpaired) electrons. The third-order valence-electron chi connectivity index (χ3n) is 4.16. The monoisotopic (exact) mass is 306 g/mol. The lowest BCUT2D eigenvalue weighted by atomic mass is 9.99. The molecule has 0 aromatic heterocycles. The standard InChI is InChI=1S/C17H26N2OS/c1-14-8-12-19(13-9-14)11-5-10-18-17(20)15-6-3-4-7-16(15)21-2/h3-4,6-7,14H,5,8-13H2,1-2H3,(H,18,20). The van der Waals surface area contributed by atoms with E-state index in [1.807, 2.05) is 30.5 Å². The first-order valence-corrected chi connectivity index (χ1v) is 9.06. The van der Waals surface area contributed by atoms with Crippen molar-refractivity contribution in [1.82, 2.24) is 10.2 Å². The summed E-state index contributed by atoms with van der Waals surface area (Å²) in [4.78, 5) is 15.7. The first kappa shape index (κ1) is 16.4. The van der Waals surface area contributed by atoms with Crippen molar-refractivity contribution in [2.75, 3.05) is 32.4 Å². The predicted octanol–water partition coefficient (Wildman–Crippen LogP) is 3.26. The lowest BCUT2D eigenvalue weighted by Crippen LogP contribution is -2.35. The Labute approximate surface area is 132 Å². The Morgan fingerprint density at radius 1 is 1.33 bits per heavy atom. The van der Waals surface area contributed by atoms with Gasteiger partial charge in [0, 0.05) is 11.4 Å². The first-order valence-electron chi connectivity index (χ1n) is 7.84. The Balaban J connectivity index is 1.70. The predicted molar refractivity (Wildman–Crippen MR) is 90.0 cm³/mol. The number of nitrogens with zero attached hydrogens (tertiary/aromatic N) is 1. The molecular weight excluding hydrogens is 280 g/mol. The number of carbonyl (C=O) groups excluding carboxylic acids is 1. The van der Waals surface area contributed by atoms with Crippen molar-refractivity contribution in [3.8, 4) is 0 Å². The number of benzene rings is 1. The summed E-state index contributed by atoms with van der Waals surface area (Å²) < 4.78 is 0. The molecule has 4 heteroatoms. The zero-order valence-electron chi connectivity index (χ0n) is 13.1. The van der Waals surface area contributed by atoms with Gasteiger partial charge < -0.3 is 10.2 Å². The molecule has 1 aromatic carbocycles. The number of hydrogen-bond donors (Lipinski definition) is 1. The fourth-order valence-electron chi connectivity index (χ4n) is 2.72. The molecular formula is C17H26N2OS. The molecule has 21 heavy (non-hydrogen) atoms. The van der Waals surface area contributed by atoms with E-state index < -0.39 is 0 Å². The summed E-state index contributed by atoms with van der Waals surface area (Å²) in [5.74, 6) is 0.927. The van der Waals surface area contributed by atoms with E-state index in [4.69, 9.17) is 0 Å². The van der Waals surface area contributed by atoms with Gasteiger partial charge in [0.2, 0.25) is 0 Å². The molecule has 0 saturated carbocycles. The molecule has 1 aromatic rings. The lowest BCUT2D eigenvalue weighted by molar-refractivity contribution is 0.0947. The maximum atomic E-state index is 12.2. The molecule has 0 spiro atoms. The van der Waals surface area contributed by atoms with Crippen LogP contribution in [0.1, 0.15) is 36.5 Å². The molecule has 1 saturated heterocycles. The molecule has 0 aliphatic carbocycles. The molecule has 1 N–H and O–H groups in total. The van der Waals surface area contributed by atoms with E-state index in [2.05, 4.69) is 17.1 Å². The van der Waals surface area contributed by atoms with Gasteiger partial charge >= 0.3 is 0 Å². The van der Waals surface area contributed by atoms with Gasteiger partial charge in [-0.2, -0.15) is 0 Å². The largest absolute Gasteiger partial charge is 0.352 e. The minimum atomic E-state index is 0.0483. The number of nitrogens with one attached hydrogen (secondary N) is 1. The van der Waals surface area contributed by atoms with E-state index in [9.17, 15) is 4.79 Å². The highest BCUT2D eigenvalue weighted by molar-refractivity contribution is 7.98. The van der Waals surface area contributed by atoms with Crippen molar-refractivity contribution < 1.29 is 4.79 Å². The molecule has 3 nitrogen and oxygen atoms in total. The van der Waals surface area contributed by atoms with Gasteiger partial charge in [0.25, 0.3) is 5.91 Å². The number of piperidine rings is 1. The van der Waals surface area contributed by atoms with Crippen molar-refractivity contribution in [3.05, 3.63) is 29.8 Å². The summed E-state index contributed by atoms with van der Waals surface area (Å²) in [6.07, 6.45) is 5.66. The molecule has 2 rings (SSSR count). The maximum absolute atomic E-state index is 12.2. The van der Waals surface area contributed by atoms with E-state index in [0.29, 0.717) is 0 Å². The zero-order chi connectivity index (χ0) is 15.1. The summed E-state index contributed by atoms with van der Waals surface area (Å²) in [5.41, 5.74) is 0.789. The topological polar surface area (TPSA) is 32.3 Å². The van der Waals surface area contributed by atoms with Crippen LogP contribution in [0.15, 0.2) is 29.2 Å². The van der Waals surface area contributed by atoms with Crippen molar-refractivity contribution in [3.63, 3.8) is 0 Å². The Hall–Kier alpha value is -1.00. The molecule has 0 bridgehead atoms. The van der Waals surface area contributed by atoms with Crippen molar-refractivity contribution in [2.24, 2.45) is 5.92 Å². The molecule has 116 valence electrons. The van der Waals surface area contributed by atoms with Gasteiger partial charge in [-0.05, 0) is 63.2 Å². The lowest BCUT2D eigenvalue weighted by Gasteiger charge is -2.30. The number of rotatable bonds is 6. The molecule has 0 unspecified atom stereocenters. The smallest absolute Gasteiger partial charge is 0.252 e. The van der Waals surface area contributed by atoms with E-state index in [0.717, 1.165) is 35.9 Å². The van der Waals surface area contributed by atoms with E-state index in [1.54, 1.807) is 11.8 Å². The van der Waals surface area contributed by atoms with Crippen LogP contribution in [0.25, 0.3) is 0 Å². The van der Waals surface area contributed by atoms with Gasteiger partial charge in [-0.15, -0.1) is 11.8 Å². The van der Waals surface area contributed by atoms with Gasteiger partial charge in [0.15, 0.2) is 0 Å². The summed E-state index contributed by atoms with van der Waals surface area (Å²) in [6.45, 7) is 6.61. The second kappa shape index (κ2) is 8.44. The Morgan fingerprint density at radius 2 is 2.05 bits per heavy atom. The van der Waals surface area contributed by atoms with Gasteiger partial charge in [0.1, 0.15) is 0 Å². The number of likely N-dealkylation sites (tertiary alicyclic amines) is 1. The average Bonchev–Trinajstić information content (AvgIpc) is 2.53. The SMILES string of the molecule is CSc1ccccc1C(=O)NCCCN1CCC(C)CC1. The minimum absolute atomic E-state index is 0.0483. The fraction of sp³-hybridized carbons (Fsp3) is 0.588. The molecule has 1 aliphatic rings. The highest BCUT2D eigenvalue weighted by atomic mass is 32.2. The van der Waals surface area contributed by atoms with Crippen LogP contribution in [-0.4, -0.2) is 43.2 Å². The van der Waals surface area contributed by atoms with Crippen molar-refractivity contribution >= 4 is 17.7 Å². The van der Waals surface area contributed by atoms with Crippen LogP contribution in [0.2, 0.25) is 0 Å². The normalized spacial score (nSPS) is 16.9. The number of hydrogen-bond acceptors (Lipinski definition) is 3. The molecule has 1 heterocycles.